The van der Waals surface area contributed by atoms with E-state index in [0.29, 0.717) is 5.95 Å². The van der Waals surface area contributed by atoms with E-state index in [1.165, 1.54) is 0 Å². The van der Waals surface area contributed by atoms with Gasteiger partial charge in [-0.05, 0) is 29.8 Å². The Morgan fingerprint density at radius 3 is 2.65 bits per heavy atom. The molecule has 1 atom stereocenters. The quantitative estimate of drug-likeness (QED) is 0.671. The summed E-state index contributed by atoms with van der Waals surface area (Å²) in [6, 6.07) is 14.3. The smallest absolute Gasteiger partial charge is 0.335 e. The van der Waals surface area contributed by atoms with Gasteiger partial charge in [0.2, 0.25) is 5.95 Å². The summed E-state index contributed by atoms with van der Waals surface area (Å²) in [5.41, 5.74) is 8.71. The van der Waals surface area contributed by atoms with Crippen molar-refractivity contribution in [3.8, 4) is 0 Å². The summed E-state index contributed by atoms with van der Waals surface area (Å²) in [6.07, 6.45) is -0.388. The first-order valence-corrected chi connectivity index (χ1v) is 7.04. The first-order chi connectivity index (χ1) is 11.1. The second-order valence-electron chi connectivity index (χ2n) is 5.23. The van der Waals surface area contributed by atoms with Crippen LogP contribution >= 0.6 is 0 Å². The molecule has 0 fully saturated rings. The highest BCUT2D eigenvalue weighted by molar-refractivity contribution is 5.94. The maximum atomic E-state index is 11.0. The van der Waals surface area contributed by atoms with E-state index in [9.17, 15) is 4.79 Å². The van der Waals surface area contributed by atoms with Crippen LogP contribution in [0.2, 0.25) is 0 Å². The van der Waals surface area contributed by atoms with Gasteiger partial charge in [-0.15, -0.1) is 0 Å². The number of hydrogen-bond donors (Lipinski definition) is 3. The Hall–Kier alpha value is -3.35. The zero-order valence-electron chi connectivity index (χ0n) is 12.0. The van der Waals surface area contributed by atoms with Gasteiger partial charge in [0, 0.05) is 0 Å². The number of carbonyl (C=O) groups is 1. The minimum Gasteiger partial charge on any atom is -0.478 e. The third-order valence-electron chi connectivity index (χ3n) is 3.80. The summed E-state index contributed by atoms with van der Waals surface area (Å²) in [4.78, 5) is 20.0. The van der Waals surface area contributed by atoms with Crippen LogP contribution in [0.5, 0.6) is 0 Å². The zero-order valence-corrected chi connectivity index (χ0v) is 12.0. The van der Waals surface area contributed by atoms with Gasteiger partial charge in [-0.3, -0.25) is 9.88 Å². The van der Waals surface area contributed by atoms with Gasteiger partial charge in [0.15, 0.2) is 12.1 Å². The highest BCUT2D eigenvalue weighted by Gasteiger charge is 2.25. The van der Waals surface area contributed by atoms with E-state index in [1.54, 1.807) is 24.3 Å². The number of fused-ring (bicyclic) bond motifs is 3. The molecule has 1 aliphatic heterocycles. The van der Waals surface area contributed by atoms with Crippen molar-refractivity contribution in [1.82, 2.24) is 9.55 Å². The Morgan fingerprint density at radius 2 is 1.91 bits per heavy atom. The van der Waals surface area contributed by atoms with Crippen molar-refractivity contribution in [1.29, 1.82) is 0 Å². The van der Waals surface area contributed by atoms with E-state index in [1.807, 2.05) is 28.8 Å². The SMILES string of the molecule is NC1=N[C@@H](c2ccc(C(=O)O)cc2)n2c(nc3ccccc32)N1. The summed E-state index contributed by atoms with van der Waals surface area (Å²) < 4.78 is 1.95. The third-order valence-corrected chi connectivity index (χ3v) is 3.80. The molecular formula is C16H13N5O2. The number of aromatic carboxylic acids is 1. The van der Waals surface area contributed by atoms with Crippen molar-refractivity contribution in [3.63, 3.8) is 0 Å². The maximum Gasteiger partial charge on any atom is 0.335 e. The minimum absolute atomic E-state index is 0.232. The minimum atomic E-state index is -0.960. The Morgan fingerprint density at radius 1 is 1.17 bits per heavy atom. The fraction of sp³-hybridized carbons (Fsp3) is 0.0625. The largest absolute Gasteiger partial charge is 0.478 e. The molecule has 114 valence electrons. The zero-order chi connectivity index (χ0) is 16.0. The lowest BCUT2D eigenvalue weighted by atomic mass is 10.1. The van der Waals surface area contributed by atoms with Crippen LogP contribution in [-0.2, 0) is 0 Å². The highest BCUT2D eigenvalue weighted by atomic mass is 16.4. The Bertz CT molecular complexity index is 943. The lowest BCUT2D eigenvalue weighted by molar-refractivity contribution is 0.0697. The number of nitrogens with two attached hydrogens (primary N) is 1. The lowest BCUT2D eigenvalue weighted by Gasteiger charge is -2.23. The predicted octanol–water partition coefficient (Wildman–Crippen LogP) is 2.02. The van der Waals surface area contributed by atoms with Crippen LogP contribution in [0.15, 0.2) is 53.5 Å². The summed E-state index contributed by atoms with van der Waals surface area (Å²) in [7, 11) is 0. The monoisotopic (exact) mass is 307 g/mol. The van der Waals surface area contributed by atoms with Crippen LogP contribution in [0.3, 0.4) is 0 Å². The molecule has 1 aromatic heterocycles. The molecule has 7 heteroatoms. The Balaban J connectivity index is 1.88. The number of imidazole rings is 1. The average molecular weight is 307 g/mol. The first kappa shape index (κ1) is 13.3. The number of aliphatic imine (C=N–C) groups is 1. The average Bonchev–Trinajstić information content (AvgIpc) is 2.92. The number of aromatic nitrogens is 2. The van der Waals surface area contributed by atoms with Crippen molar-refractivity contribution in [2.24, 2.45) is 10.7 Å². The highest BCUT2D eigenvalue weighted by Crippen LogP contribution is 2.32. The van der Waals surface area contributed by atoms with Crippen molar-refractivity contribution in [3.05, 3.63) is 59.7 Å². The van der Waals surface area contributed by atoms with E-state index < -0.39 is 5.97 Å². The molecule has 0 radical (unpaired) electrons. The number of anilines is 1. The number of rotatable bonds is 2. The third kappa shape index (κ3) is 2.10. The maximum absolute atomic E-state index is 11.0. The van der Waals surface area contributed by atoms with Gasteiger partial charge in [-0.2, -0.15) is 0 Å². The molecule has 0 spiro atoms. The topological polar surface area (TPSA) is 106 Å². The van der Waals surface area contributed by atoms with Crippen LogP contribution in [0, 0.1) is 0 Å². The van der Waals surface area contributed by atoms with Crippen LogP contribution < -0.4 is 11.1 Å². The van der Waals surface area contributed by atoms with E-state index in [0.717, 1.165) is 16.6 Å². The fourth-order valence-corrected chi connectivity index (χ4v) is 2.74. The molecule has 23 heavy (non-hydrogen) atoms. The lowest BCUT2D eigenvalue weighted by Crippen LogP contribution is -2.31. The summed E-state index contributed by atoms with van der Waals surface area (Å²) >= 11 is 0. The van der Waals surface area contributed by atoms with Gasteiger partial charge in [-0.1, -0.05) is 24.3 Å². The van der Waals surface area contributed by atoms with Crippen molar-refractivity contribution < 1.29 is 9.90 Å². The standard InChI is InChI=1S/C16H13N5O2/c17-15-19-13(9-5-7-10(8-6-9)14(22)23)21-12-4-2-1-3-11(12)18-16(21)20-15/h1-8,13H,(H,22,23)(H3,17,18,19,20)/t13-/m1/s1. The number of para-hydroxylation sites is 2. The summed E-state index contributed by atoms with van der Waals surface area (Å²) in [5, 5.41) is 12.0. The molecule has 0 saturated carbocycles. The van der Waals surface area contributed by atoms with E-state index in [4.69, 9.17) is 10.8 Å². The van der Waals surface area contributed by atoms with Crippen LogP contribution in [0.4, 0.5) is 5.95 Å². The molecule has 1 aliphatic rings. The fourth-order valence-electron chi connectivity index (χ4n) is 2.74. The van der Waals surface area contributed by atoms with Crippen LogP contribution in [0.1, 0.15) is 22.1 Å². The van der Waals surface area contributed by atoms with Crippen molar-refractivity contribution in [2.45, 2.75) is 6.17 Å². The second kappa shape index (κ2) is 4.84. The van der Waals surface area contributed by atoms with E-state index in [-0.39, 0.29) is 17.7 Å². The van der Waals surface area contributed by atoms with Crippen molar-refractivity contribution in [2.75, 3.05) is 5.32 Å². The molecule has 4 rings (SSSR count). The molecule has 0 unspecified atom stereocenters. The van der Waals surface area contributed by atoms with Crippen LogP contribution in [-0.4, -0.2) is 26.6 Å². The summed E-state index contributed by atoms with van der Waals surface area (Å²) in [5.74, 6) is -0.0650. The second-order valence-corrected chi connectivity index (χ2v) is 5.23. The molecular weight excluding hydrogens is 294 g/mol. The number of guanidine groups is 1. The molecule has 0 bridgehead atoms. The van der Waals surface area contributed by atoms with Gasteiger partial charge in [0.05, 0.1) is 16.6 Å². The van der Waals surface area contributed by atoms with Gasteiger partial charge >= 0.3 is 5.97 Å². The van der Waals surface area contributed by atoms with Gasteiger partial charge in [0.1, 0.15) is 0 Å². The number of nitrogens with zero attached hydrogens (tertiary/aromatic N) is 3. The molecule has 0 amide bonds. The normalized spacial score (nSPS) is 16.5. The molecule has 0 aliphatic carbocycles. The van der Waals surface area contributed by atoms with E-state index >= 15 is 0 Å². The van der Waals surface area contributed by atoms with Crippen molar-refractivity contribution >= 4 is 28.9 Å². The number of benzene rings is 2. The Labute approximate surface area is 131 Å². The number of hydrogen-bond acceptors (Lipinski definition) is 5. The number of carboxylic acid groups (broad SMARTS) is 1. The number of nitrogens with one attached hydrogen (secondary N) is 1. The Kier molecular flexibility index (Phi) is 2.80. The van der Waals surface area contributed by atoms with Gasteiger partial charge < -0.3 is 10.8 Å². The molecule has 7 nitrogen and oxygen atoms in total. The molecule has 2 aromatic carbocycles. The first-order valence-electron chi connectivity index (χ1n) is 7.04. The molecule has 0 saturated heterocycles. The van der Waals surface area contributed by atoms with E-state index in [2.05, 4.69) is 15.3 Å². The summed E-state index contributed by atoms with van der Waals surface area (Å²) in [6.45, 7) is 0. The molecule has 2 heterocycles. The predicted molar refractivity (Wildman–Crippen MR) is 86.5 cm³/mol. The van der Waals surface area contributed by atoms with Crippen LogP contribution in [0.25, 0.3) is 11.0 Å². The molecule has 3 aromatic rings. The number of carboxylic acids is 1. The molecule has 4 N–H and O–H groups in total. The van der Waals surface area contributed by atoms with Gasteiger partial charge in [0.25, 0.3) is 0 Å². The van der Waals surface area contributed by atoms with Gasteiger partial charge in [-0.25, -0.2) is 14.8 Å².